The van der Waals surface area contributed by atoms with Crippen molar-refractivity contribution in [3.8, 4) is 28.7 Å². The number of benzene rings is 3. The van der Waals surface area contributed by atoms with E-state index >= 15 is 0 Å². The maximum Gasteiger partial charge on any atom is 0.294 e. The Morgan fingerprint density at radius 3 is 2.15 bits per heavy atom. The number of para-hydroxylation sites is 2. The van der Waals surface area contributed by atoms with Crippen molar-refractivity contribution >= 4 is 39.9 Å². The fraction of sp³-hybridized carbons (Fsp3) is 0.172. The molecule has 1 aliphatic heterocycles. The third-order valence-corrected chi connectivity index (χ3v) is 6.81. The summed E-state index contributed by atoms with van der Waals surface area (Å²) < 4.78 is 27.6. The highest BCUT2D eigenvalue weighted by Gasteiger charge is 2.46. The van der Waals surface area contributed by atoms with E-state index in [2.05, 4.69) is 0 Å². The second kappa shape index (κ2) is 10.4. The van der Waals surface area contributed by atoms with Crippen molar-refractivity contribution in [2.45, 2.75) is 6.04 Å². The Labute approximate surface area is 233 Å². The summed E-state index contributed by atoms with van der Waals surface area (Å²) in [6, 6.07) is 12.6. The Morgan fingerprint density at radius 1 is 0.900 bits per heavy atom. The first-order valence-corrected chi connectivity index (χ1v) is 12.3. The number of halogens is 1. The van der Waals surface area contributed by atoms with Crippen LogP contribution in [0.1, 0.15) is 22.2 Å². The molecule has 11 heteroatoms. The van der Waals surface area contributed by atoms with E-state index in [-0.39, 0.29) is 45.6 Å². The van der Waals surface area contributed by atoms with Gasteiger partial charge in [-0.2, -0.15) is 0 Å². The van der Waals surface area contributed by atoms with Gasteiger partial charge in [-0.25, -0.2) is 0 Å². The lowest BCUT2D eigenvalue weighted by molar-refractivity contribution is -0.117. The number of amides is 1. The van der Waals surface area contributed by atoms with Crippen molar-refractivity contribution in [3.63, 3.8) is 0 Å². The van der Waals surface area contributed by atoms with E-state index in [0.29, 0.717) is 21.7 Å². The summed E-state index contributed by atoms with van der Waals surface area (Å²) in [5.41, 5.74) is 0.377. The third-order valence-electron chi connectivity index (χ3n) is 6.59. The number of fused-ring (bicyclic) bond motifs is 1. The largest absolute Gasteiger partial charge is 0.506 e. The van der Waals surface area contributed by atoms with Gasteiger partial charge in [0.05, 0.1) is 45.7 Å². The molecule has 3 aromatic carbocycles. The number of furan rings is 1. The quantitative estimate of drug-likeness (QED) is 0.262. The second-order valence-corrected chi connectivity index (χ2v) is 9.19. The highest BCUT2D eigenvalue weighted by Crippen LogP contribution is 2.48. The van der Waals surface area contributed by atoms with Gasteiger partial charge in [-0.15, -0.1) is 0 Å². The molecule has 1 aliphatic rings. The first-order chi connectivity index (χ1) is 19.2. The third kappa shape index (κ3) is 4.22. The van der Waals surface area contributed by atoms with Crippen LogP contribution in [0.3, 0.4) is 0 Å². The molecule has 1 amide bonds. The Balaban J connectivity index is 1.74. The average Bonchev–Trinajstić information content (AvgIpc) is 3.50. The summed E-state index contributed by atoms with van der Waals surface area (Å²) in [5, 5.41) is 22.6. The minimum absolute atomic E-state index is 0.0682. The maximum atomic E-state index is 14.0. The molecule has 0 spiro atoms. The molecule has 1 aromatic heterocycles. The van der Waals surface area contributed by atoms with Crippen molar-refractivity contribution in [2.24, 2.45) is 0 Å². The predicted octanol–water partition coefficient (Wildman–Crippen LogP) is 5.61. The van der Waals surface area contributed by atoms with E-state index in [1.165, 1.54) is 52.7 Å². The summed E-state index contributed by atoms with van der Waals surface area (Å²) in [7, 11) is 5.72. The number of carbonyl (C=O) groups excluding carboxylic acids is 2. The minimum atomic E-state index is -1.22. The van der Waals surface area contributed by atoms with Gasteiger partial charge in [-0.05, 0) is 42.0 Å². The van der Waals surface area contributed by atoms with E-state index in [1.54, 1.807) is 30.3 Å². The molecule has 0 bridgehead atoms. The molecule has 4 aromatic rings. The highest BCUT2D eigenvalue weighted by atomic mass is 35.5. The fourth-order valence-electron chi connectivity index (χ4n) is 4.81. The number of hydrogen-bond donors (Lipinski definition) is 2. The summed E-state index contributed by atoms with van der Waals surface area (Å²) >= 11 is 6.18. The predicted molar refractivity (Wildman–Crippen MR) is 146 cm³/mol. The van der Waals surface area contributed by atoms with Crippen LogP contribution in [0.2, 0.25) is 5.02 Å². The molecule has 5 rings (SSSR count). The summed E-state index contributed by atoms with van der Waals surface area (Å²) in [5.74, 6) is -1.78. The van der Waals surface area contributed by atoms with Crippen LogP contribution in [-0.2, 0) is 4.79 Å². The Kier molecular flexibility index (Phi) is 6.95. The van der Waals surface area contributed by atoms with Crippen LogP contribution >= 0.6 is 11.6 Å². The van der Waals surface area contributed by atoms with Gasteiger partial charge in [0, 0.05) is 16.5 Å². The van der Waals surface area contributed by atoms with Crippen molar-refractivity contribution in [3.05, 3.63) is 82.3 Å². The number of ether oxygens (including phenoxy) is 4. The van der Waals surface area contributed by atoms with E-state index < -0.39 is 23.5 Å². The SMILES string of the molecule is COc1cc(C2C(C(=O)c3cc4cc(Cl)cc(OC)c4o3)=C(O)C(=O)N2c2ccccc2O)cc(OC)c1OC. The number of phenols is 1. The maximum absolute atomic E-state index is 14.0. The first kappa shape index (κ1) is 26.8. The monoisotopic (exact) mass is 565 g/mol. The van der Waals surface area contributed by atoms with E-state index in [4.69, 9.17) is 35.0 Å². The van der Waals surface area contributed by atoms with Gasteiger partial charge >= 0.3 is 0 Å². The molecule has 0 saturated carbocycles. The van der Waals surface area contributed by atoms with E-state index in [9.17, 15) is 19.8 Å². The van der Waals surface area contributed by atoms with Crippen LogP contribution in [0.5, 0.6) is 28.7 Å². The molecule has 2 N–H and O–H groups in total. The van der Waals surface area contributed by atoms with Crippen molar-refractivity contribution < 1.29 is 43.2 Å². The molecule has 0 fully saturated rings. The molecule has 2 heterocycles. The van der Waals surface area contributed by atoms with Crippen LogP contribution in [0.25, 0.3) is 11.0 Å². The van der Waals surface area contributed by atoms with Crippen molar-refractivity contribution in [2.75, 3.05) is 33.3 Å². The lowest BCUT2D eigenvalue weighted by Crippen LogP contribution is -2.31. The minimum Gasteiger partial charge on any atom is -0.506 e. The zero-order valence-electron chi connectivity index (χ0n) is 21.9. The number of phenolic OH excluding ortho intramolecular Hbond substituents is 1. The van der Waals surface area contributed by atoms with Crippen LogP contribution in [0.15, 0.2) is 70.3 Å². The van der Waals surface area contributed by atoms with Gasteiger partial charge in [-0.3, -0.25) is 14.5 Å². The molecule has 0 radical (unpaired) electrons. The number of aromatic hydroxyl groups is 1. The first-order valence-electron chi connectivity index (χ1n) is 11.9. The van der Waals surface area contributed by atoms with Crippen molar-refractivity contribution in [1.82, 2.24) is 0 Å². The molecule has 10 nitrogen and oxygen atoms in total. The van der Waals surface area contributed by atoms with Gasteiger partial charge in [-0.1, -0.05) is 23.7 Å². The molecule has 0 saturated heterocycles. The van der Waals surface area contributed by atoms with Crippen LogP contribution in [-0.4, -0.2) is 50.3 Å². The lowest BCUT2D eigenvalue weighted by Gasteiger charge is -2.28. The number of aliphatic hydroxyl groups excluding tert-OH is 1. The molecule has 206 valence electrons. The number of nitrogens with zero attached hydrogens (tertiary/aromatic N) is 1. The van der Waals surface area contributed by atoms with Crippen molar-refractivity contribution in [1.29, 1.82) is 0 Å². The smallest absolute Gasteiger partial charge is 0.294 e. The zero-order chi connectivity index (χ0) is 28.7. The van der Waals surface area contributed by atoms with Crippen LogP contribution in [0.4, 0.5) is 5.69 Å². The number of rotatable bonds is 8. The molecule has 1 unspecified atom stereocenters. The number of Topliss-reactive ketones (excluding diaryl/α,β-unsaturated/α-hetero) is 1. The normalized spacial score (nSPS) is 15.1. The number of methoxy groups -OCH3 is 4. The fourth-order valence-corrected chi connectivity index (χ4v) is 5.03. The van der Waals surface area contributed by atoms with E-state index in [1.807, 2.05) is 0 Å². The molecule has 40 heavy (non-hydrogen) atoms. The Hall–Kier alpha value is -4.83. The summed E-state index contributed by atoms with van der Waals surface area (Å²) in [6.07, 6.45) is 0. The average molecular weight is 566 g/mol. The van der Waals surface area contributed by atoms with Crippen LogP contribution < -0.4 is 23.8 Å². The number of carbonyl (C=O) groups is 2. The number of anilines is 1. The summed E-state index contributed by atoms with van der Waals surface area (Å²) in [4.78, 5) is 28.7. The van der Waals surface area contributed by atoms with Gasteiger partial charge in [0.25, 0.3) is 5.91 Å². The van der Waals surface area contributed by atoms with Gasteiger partial charge < -0.3 is 33.6 Å². The topological polar surface area (TPSA) is 128 Å². The van der Waals surface area contributed by atoms with Gasteiger partial charge in [0.1, 0.15) is 5.75 Å². The standard InChI is InChI=1S/C29H24ClNO9/c1-36-20-10-14(11-21(37-2)28(20)39-4)24-23(26(34)29(35)31(24)17-7-5-6-8-18(17)32)25(33)19-12-15-9-16(30)13-22(38-3)27(15)40-19/h5-13,24,32,34H,1-4H3. The van der Waals surface area contributed by atoms with Gasteiger partial charge in [0.15, 0.2) is 34.4 Å². The molecular weight excluding hydrogens is 542 g/mol. The molecule has 0 aliphatic carbocycles. The molecule has 1 atom stereocenters. The number of hydrogen-bond acceptors (Lipinski definition) is 9. The second-order valence-electron chi connectivity index (χ2n) is 8.75. The number of aliphatic hydroxyl groups is 1. The number of ketones is 1. The Bertz CT molecular complexity index is 1670. The lowest BCUT2D eigenvalue weighted by atomic mass is 9.94. The molecular formula is C29H24ClNO9. The Morgan fingerprint density at radius 2 is 1.55 bits per heavy atom. The summed E-state index contributed by atoms with van der Waals surface area (Å²) in [6.45, 7) is 0. The highest BCUT2D eigenvalue weighted by molar-refractivity contribution is 6.31. The van der Waals surface area contributed by atoms with E-state index in [0.717, 1.165) is 4.90 Å². The zero-order valence-corrected chi connectivity index (χ0v) is 22.6. The van der Waals surface area contributed by atoms with Gasteiger partial charge in [0.2, 0.25) is 11.5 Å². The van der Waals surface area contributed by atoms with Crippen LogP contribution in [0, 0.1) is 0 Å².